The lowest BCUT2D eigenvalue weighted by atomic mass is 10.1. The molecular formula is C16H22N4O. The topological polar surface area (TPSA) is 59.0 Å². The van der Waals surface area contributed by atoms with E-state index in [1.165, 1.54) is 0 Å². The Morgan fingerprint density at radius 1 is 1.38 bits per heavy atom. The highest BCUT2D eigenvalue weighted by molar-refractivity contribution is 5.99. The molecular weight excluding hydrogens is 264 g/mol. The Balaban J connectivity index is 2.13. The number of benzene rings is 1. The summed E-state index contributed by atoms with van der Waals surface area (Å²) in [6.07, 6.45) is 2.81. The summed E-state index contributed by atoms with van der Waals surface area (Å²) in [6, 6.07) is 5.80. The monoisotopic (exact) mass is 286 g/mol. The Hall–Kier alpha value is -2.30. The number of carbonyl (C=O) groups excluding carboxylic acids is 1. The second-order valence-corrected chi connectivity index (χ2v) is 5.11. The van der Waals surface area contributed by atoms with Gasteiger partial charge in [-0.25, -0.2) is 0 Å². The van der Waals surface area contributed by atoms with Gasteiger partial charge in [-0.3, -0.25) is 9.48 Å². The minimum atomic E-state index is -0.0750. The lowest BCUT2D eigenvalue weighted by molar-refractivity contribution is 0.0951. The molecule has 0 unspecified atom stereocenters. The molecule has 2 aromatic rings. The van der Waals surface area contributed by atoms with Gasteiger partial charge in [-0.15, -0.1) is 0 Å². The zero-order valence-corrected chi connectivity index (χ0v) is 13.0. The van der Waals surface area contributed by atoms with Crippen LogP contribution in [0.4, 0.5) is 5.69 Å². The first-order chi connectivity index (χ1) is 10.0. The minimum Gasteiger partial charge on any atom is -0.387 e. The molecule has 112 valence electrons. The van der Waals surface area contributed by atoms with Gasteiger partial charge in [0.1, 0.15) is 0 Å². The Morgan fingerprint density at radius 3 is 2.81 bits per heavy atom. The van der Waals surface area contributed by atoms with E-state index in [0.29, 0.717) is 12.1 Å². The average molecular weight is 286 g/mol. The summed E-state index contributed by atoms with van der Waals surface area (Å²) in [5.74, 6) is -0.0750. The molecule has 2 rings (SSSR count). The molecule has 0 spiro atoms. The molecule has 5 heteroatoms. The number of carbonyl (C=O) groups is 1. The maximum Gasteiger partial charge on any atom is 0.253 e. The Bertz CT molecular complexity index is 646. The third kappa shape index (κ3) is 3.42. The molecule has 0 saturated carbocycles. The van der Waals surface area contributed by atoms with E-state index in [4.69, 9.17) is 0 Å². The standard InChI is InChI=1S/C16H22N4O/c1-5-14-12(10-20(4)19-14)9-18-16(21)13-8-11(2)6-7-15(13)17-3/h6-8,10,17H,5,9H2,1-4H3,(H,18,21). The van der Waals surface area contributed by atoms with Crippen molar-refractivity contribution in [2.45, 2.75) is 26.8 Å². The molecule has 0 aliphatic carbocycles. The smallest absolute Gasteiger partial charge is 0.253 e. The highest BCUT2D eigenvalue weighted by atomic mass is 16.1. The number of hydrogen-bond donors (Lipinski definition) is 2. The second-order valence-electron chi connectivity index (χ2n) is 5.11. The van der Waals surface area contributed by atoms with E-state index in [-0.39, 0.29) is 5.91 Å². The van der Waals surface area contributed by atoms with Gasteiger partial charge < -0.3 is 10.6 Å². The normalized spacial score (nSPS) is 10.5. The van der Waals surface area contributed by atoms with Crippen molar-refractivity contribution in [1.29, 1.82) is 0 Å². The van der Waals surface area contributed by atoms with E-state index in [9.17, 15) is 4.79 Å². The number of amides is 1. The zero-order chi connectivity index (χ0) is 15.4. The van der Waals surface area contributed by atoms with Crippen LogP contribution in [0.15, 0.2) is 24.4 Å². The first-order valence-corrected chi connectivity index (χ1v) is 7.13. The van der Waals surface area contributed by atoms with Gasteiger partial charge in [0.2, 0.25) is 0 Å². The largest absolute Gasteiger partial charge is 0.387 e. The first-order valence-electron chi connectivity index (χ1n) is 7.13. The Morgan fingerprint density at radius 2 is 2.14 bits per heavy atom. The number of nitrogens with zero attached hydrogens (tertiary/aromatic N) is 2. The average Bonchev–Trinajstić information content (AvgIpc) is 2.84. The van der Waals surface area contributed by atoms with E-state index in [0.717, 1.165) is 28.9 Å². The van der Waals surface area contributed by atoms with Gasteiger partial charge in [0, 0.05) is 38.1 Å². The lowest BCUT2D eigenvalue weighted by Crippen LogP contribution is -2.24. The highest BCUT2D eigenvalue weighted by Crippen LogP contribution is 2.17. The van der Waals surface area contributed by atoms with Crippen molar-refractivity contribution >= 4 is 11.6 Å². The predicted molar refractivity (Wildman–Crippen MR) is 84.5 cm³/mol. The van der Waals surface area contributed by atoms with Gasteiger partial charge in [-0.2, -0.15) is 5.10 Å². The lowest BCUT2D eigenvalue weighted by Gasteiger charge is -2.10. The van der Waals surface area contributed by atoms with Crippen LogP contribution in [0.2, 0.25) is 0 Å². The Labute approximate surface area is 125 Å². The highest BCUT2D eigenvalue weighted by Gasteiger charge is 2.12. The predicted octanol–water partition coefficient (Wildman–Crippen LogP) is 2.26. The van der Waals surface area contributed by atoms with Crippen molar-refractivity contribution in [3.8, 4) is 0 Å². The number of hydrogen-bond acceptors (Lipinski definition) is 3. The molecule has 1 aromatic carbocycles. The minimum absolute atomic E-state index is 0.0750. The quantitative estimate of drug-likeness (QED) is 0.886. The summed E-state index contributed by atoms with van der Waals surface area (Å²) in [4.78, 5) is 12.4. The maximum absolute atomic E-state index is 12.4. The van der Waals surface area contributed by atoms with Gasteiger partial charge in [-0.05, 0) is 25.5 Å². The number of anilines is 1. The van der Waals surface area contributed by atoms with Crippen LogP contribution in [0.3, 0.4) is 0 Å². The first kappa shape index (κ1) is 15.1. The summed E-state index contributed by atoms with van der Waals surface area (Å²) in [6.45, 7) is 4.53. The molecule has 2 N–H and O–H groups in total. The van der Waals surface area contributed by atoms with Crippen LogP contribution in [0.1, 0.15) is 34.1 Å². The molecule has 1 aromatic heterocycles. The van der Waals surface area contributed by atoms with Crippen LogP contribution in [-0.4, -0.2) is 22.7 Å². The third-order valence-electron chi connectivity index (χ3n) is 3.46. The van der Waals surface area contributed by atoms with Crippen molar-refractivity contribution in [2.75, 3.05) is 12.4 Å². The molecule has 0 aliphatic rings. The van der Waals surface area contributed by atoms with E-state index in [1.807, 2.05) is 45.4 Å². The van der Waals surface area contributed by atoms with Crippen molar-refractivity contribution < 1.29 is 4.79 Å². The van der Waals surface area contributed by atoms with Gasteiger partial charge in [0.25, 0.3) is 5.91 Å². The van der Waals surface area contributed by atoms with E-state index >= 15 is 0 Å². The van der Waals surface area contributed by atoms with Crippen LogP contribution < -0.4 is 10.6 Å². The molecule has 0 fully saturated rings. The van der Waals surface area contributed by atoms with E-state index < -0.39 is 0 Å². The van der Waals surface area contributed by atoms with Crippen molar-refractivity contribution in [2.24, 2.45) is 7.05 Å². The molecule has 5 nitrogen and oxygen atoms in total. The van der Waals surface area contributed by atoms with Crippen molar-refractivity contribution in [3.05, 3.63) is 46.8 Å². The second kappa shape index (κ2) is 6.43. The maximum atomic E-state index is 12.4. The van der Waals surface area contributed by atoms with Gasteiger partial charge >= 0.3 is 0 Å². The van der Waals surface area contributed by atoms with Crippen LogP contribution in [0, 0.1) is 6.92 Å². The summed E-state index contributed by atoms with van der Waals surface area (Å²) < 4.78 is 1.78. The molecule has 0 radical (unpaired) electrons. The fraction of sp³-hybridized carbons (Fsp3) is 0.375. The third-order valence-corrected chi connectivity index (χ3v) is 3.46. The molecule has 1 heterocycles. The van der Waals surface area contributed by atoms with Gasteiger partial charge in [0.05, 0.1) is 11.3 Å². The molecule has 0 atom stereocenters. The summed E-state index contributed by atoms with van der Waals surface area (Å²) in [7, 11) is 3.71. The molecule has 0 bridgehead atoms. The van der Waals surface area contributed by atoms with Gasteiger partial charge in [-0.1, -0.05) is 18.6 Å². The molecule has 21 heavy (non-hydrogen) atoms. The summed E-state index contributed by atoms with van der Waals surface area (Å²) in [5, 5.41) is 10.4. The zero-order valence-electron chi connectivity index (χ0n) is 13.0. The molecule has 0 saturated heterocycles. The van der Waals surface area contributed by atoms with E-state index in [1.54, 1.807) is 4.68 Å². The van der Waals surface area contributed by atoms with Crippen molar-refractivity contribution in [3.63, 3.8) is 0 Å². The van der Waals surface area contributed by atoms with Crippen molar-refractivity contribution in [1.82, 2.24) is 15.1 Å². The fourth-order valence-electron chi connectivity index (χ4n) is 2.36. The number of aromatic nitrogens is 2. The summed E-state index contributed by atoms with van der Waals surface area (Å²) in [5.41, 5.74) is 4.65. The molecule has 1 amide bonds. The van der Waals surface area contributed by atoms with Crippen LogP contribution in [0.25, 0.3) is 0 Å². The molecule has 0 aliphatic heterocycles. The SMILES string of the molecule is CCc1nn(C)cc1CNC(=O)c1cc(C)ccc1NC. The summed E-state index contributed by atoms with van der Waals surface area (Å²) >= 11 is 0. The number of nitrogens with one attached hydrogen (secondary N) is 2. The van der Waals surface area contributed by atoms with Gasteiger partial charge in [0.15, 0.2) is 0 Å². The van der Waals surface area contributed by atoms with Crippen LogP contribution >= 0.6 is 0 Å². The number of aryl methyl sites for hydroxylation is 3. The van der Waals surface area contributed by atoms with Crippen LogP contribution in [-0.2, 0) is 20.0 Å². The van der Waals surface area contributed by atoms with E-state index in [2.05, 4.69) is 22.7 Å². The van der Waals surface area contributed by atoms with Crippen LogP contribution in [0.5, 0.6) is 0 Å². The number of rotatable bonds is 5. The Kier molecular flexibility index (Phi) is 4.62. The fourth-order valence-corrected chi connectivity index (χ4v) is 2.36.